The van der Waals surface area contributed by atoms with E-state index >= 15 is 0 Å². The zero-order valence-electron chi connectivity index (χ0n) is 16.6. The highest BCUT2D eigenvalue weighted by atomic mass is 35.5. The number of rotatable bonds is 5. The van der Waals surface area contributed by atoms with Crippen LogP contribution in [-0.4, -0.2) is 40.4 Å². The minimum absolute atomic E-state index is 0.0499. The van der Waals surface area contributed by atoms with E-state index in [4.69, 9.17) is 16.0 Å². The Labute approximate surface area is 175 Å². The van der Waals surface area contributed by atoms with E-state index in [2.05, 4.69) is 0 Å². The van der Waals surface area contributed by atoms with E-state index in [1.165, 1.54) is 0 Å². The van der Waals surface area contributed by atoms with Gasteiger partial charge in [-0.1, -0.05) is 23.7 Å². The predicted octanol–water partition coefficient (Wildman–Crippen LogP) is 4.50. The van der Waals surface area contributed by atoms with Crippen LogP contribution in [0, 0.1) is 5.92 Å². The Morgan fingerprint density at radius 3 is 2.66 bits per heavy atom. The van der Waals surface area contributed by atoms with Crippen molar-refractivity contribution in [1.82, 2.24) is 4.90 Å². The fourth-order valence-electron chi connectivity index (χ4n) is 4.55. The van der Waals surface area contributed by atoms with E-state index < -0.39 is 5.60 Å². The monoisotopic (exact) mass is 415 g/mol. The molecule has 1 amide bonds. The van der Waals surface area contributed by atoms with Crippen LogP contribution in [0.2, 0.25) is 5.02 Å². The molecule has 2 heterocycles. The highest BCUT2D eigenvalue weighted by molar-refractivity contribution is 6.31. The van der Waals surface area contributed by atoms with E-state index in [-0.39, 0.29) is 23.6 Å². The van der Waals surface area contributed by atoms with E-state index in [0.717, 1.165) is 49.8 Å². The van der Waals surface area contributed by atoms with Crippen LogP contribution in [0.25, 0.3) is 11.3 Å². The number of hydrogen-bond donors (Lipinski definition) is 1. The number of amides is 1. The number of benzene rings is 1. The molecule has 1 unspecified atom stereocenters. The van der Waals surface area contributed by atoms with Gasteiger partial charge in [-0.05, 0) is 69.2 Å². The lowest BCUT2D eigenvalue weighted by Gasteiger charge is -2.37. The van der Waals surface area contributed by atoms with Crippen molar-refractivity contribution in [3.05, 3.63) is 46.7 Å². The molecule has 0 bridgehead atoms. The molecule has 1 saturated heterocycles. The third-order valence-electron chi connectivity index (χ3n) is 6.37. The highest BCUT2D eigenvalue weighted by Crippen LogP contribution is 2.35. The molecular formula is C23H26ClNO4. The quantitative estimate of drug-likeness (QED) is 0.730. The summed E-state index contributed by atoms with van der Waals surface area (Å²) in [6, 6.07) is 9.29. The zero-order valence-corrected chi connectivity index (χ0v) is 17.3. The Balaban J connectivity index is 1.42. The zero-order chi connectivity index (χ0) is 20.6. The summed E-state index contributed by atoms with van der Waals surface area (Å²) in [6.07, 6.45) is 5.36. The predicted molar refractivity (Wildman–Crippen MR) is 111 cm³/mol. The van der Waals surface area contributed by atoms with Crippen LogP contribution in [-0.2, 0) is 11.2 Å². The highest BCUT2D eigenvalue weighted by Gasteiger charge is 2.39. The molecule has 0 spiro atoms. The summed E-state index contributed by atoms with van der Waals surface area (Å²) >= 11 is 6.50. The smallest absolute Gasteiger partial charge is 0.226 e. The second-order valence-electron chi connectivity index (χ2n) is 8.58. The second-order valence-corrected chi connectivity index (χ2v) is 8.98. The topological polar surface area (TPSA) is 70.8 Å². The first-order valence-electron chi connectivity index (χ1n) is 10.2. The van der Waals surface area contributed by atoms with Crippen molar-refractivity contribution in [2.24, 2.45) is 5.92 Å². The number of carbonyl (C=O) groups excluding carboxylic acids is 2. The molecule has 4 rings (SSSR count). The van der Waals surface area contributed by atoms with Crippen molar-refractivity contribution in [3.8, 4) is 11.3 Å². The molecule has 154 valence electrons. The van der Waals surface area contributed by atoms with Crippen LogP contribution in [0.5, 0.6) is 0 Å². The molecule has 2 aromatic rings. The van der Waals surface area contributed by atoms with Crippen LogP contribution in [0.4, 0.5) is 0 Å². The molecule has 0 radical (unpaired) electrons. The van der Waals surface area contributed by atoms with E-state index in [1.807, 2.05) is 30.0 Å². The van der Waals surface area contributed by atoms with Crippen molar-refractivity contribution in [1.29, 1.82) is 0 Å². The Morgan fingerprint density at radius 2 is 2.00 bits per heavy atom. The Hall–Kier alpha value is -2.11. The Morgan fingerprint density at radius 1 is 1.24 bits per heavy atom. The lowest BCUT2D eigenvalue weighted by Crippen LogP contribution is -2.43. The molecule has 2 fully saturated rings. The molecule has 6 heteroatoms. The van der Waals surface area contributed by atoms with Gasteiger partial charge in [0.1, 0.15) is 5.76 Å². The maximum Gasteiger partial charge on any atom is 0.226 e. The number of aldehydes is 1. The summed E-state index contributed by atoms with van der Waals surface area (Å²) < 4.78 is 5.45. The maximum absolute atomic E-state index is 13.0. The molecule has 1 saturated carbocycles. The first-order valence-corrected chi connectivity index (χ1v) is 10.6. The summed E-state index contributed by atoms with van der Waals surface area (Å²) in [7, 11) is 0. The number of nitrogens with zero attached hydrogens (tertiary/aromatic N) is 1. The summed E-state index contributed by atoms with van der Waals surface area (Å²) in [5, 5.41) is 10.8. The average molecular weight is 416 g/mol. The van der Waals surface area contributed by atoms with Crippen molar-refractivity contribution in [2.45, 2.75) is 57.1 Å². The molecule has 1 aliphatic carbocycles. The average Bonchev–Trinajstić information content (AvgIpc) is 3.31. The van der Waals surface area contributed by atoms with Gasteiger partial charge in [0.25, 0.3) is 0 Å². The van der Waals surface area contributed by atoms with Gasteiger partial charge in [-0.2, -0.15) is 0 Å². The molecule has 2 aliphatic rings. The Kier molecular flexibility index (Phi) is 5.54. The fraction of sp³-hybridized carbons (Fsp3) is 0.478. The van der Waals surface area contributed by atoms with E-state index in [1.54, 1.807) is 12.1 Å². The Bertz CT molecular complexity index is 909. The van der Waals surface area contributed by atoms with Gasteiger partial charge in [0.2, 0.25) is 5.91 Å². The third-order valence-corrected chi connectivity index (χ3v) is 6.72. The lowest BCUT2D eigenvalue weighted by molar-refractivity contribution is -0.134. The number of likely N-dealkylation sites (tertiary alicyclic amines) is 1. The molecule has 1 aromatic heterocycles. The van der Waals surface area contributed by atoms with Crippen molar-refractivity contribution >= 4 is 23.8 Å². The minimum atomic E-state index is -0.589. The summed E-state index contributed by atoms with van der Waals surface area (Å²) in [5.41, 5.74) is 1.17. The van der Waals surface area contributed by atoms with Crippen molar-refractivity contribution in [3.63, 3.8) is 0 Å². The largest absolute Gasteiger partial charge is 0.453 e. The van der Waals surface area contributed by atoms with Crippen LogP contribution < -0.4 is 0 Å². The van der Waals surface area contributed by atoms with E-state index in [0.29, 0.717) is 23.5 Å². The summed E-state index contributed by atoms with van der Waals surface area (Å²) in [6.45, 7) is 2.67. The van der Waals surface area contributed by atoms with Crippen LogP contribution in [0.15, 0.2) is 34.7 Å². The molecule has 1 aliphatic heterocycles. The number of halogens is 1. The van der Waals surface area contributed by atoms with E-state index in [9.17, 15) is 14.7 Å². The number of furan rings is 1. The molecular weight excluding hydrogens is 390 g/mol. The second kappa shape index (κ2) is 7.96. The fourth-order valence-corrected chi connectivity index (χ4v) is 4.81. The van der Waals surface area contributed by atoms with Gasteiger partial charge in [-0.15, -0.1) is 0 Å². The molecule has 1 N–H and O–H groups in total. The molecule has 1 aromatic carbocycles. The van der Waals surface area contributed by atoms with Crippen LogP contribution in [0.1, 0.15) is 55.1 Å². The van der Waals surface area contributed by atoms with Crippen LogP contribution >= 0.6 is 11.6 Å². The van der Waals surface area contributed by atoms with Gasteiger partial charge in [0.15, 0.2) is 12.0 Å². The normalized spacial score (nSPS) is 27.4. The third kappa shape index (κ3) is 4.26. The van der Waals surface area contributed by atoms with Gasteiger partial charge in [-0.25, -0.2) is 0 Å². The summed E-state index contributed by atoms with van der Waals surface area (Å²) in [5.74, 6) is 1.03. The molecule has 1 atom stereocenters. The van der Waals surface area contributed by atoms with Gasteiger partial charge in [-0.3, -0.25) is 9.59 Å². The van der Waals surface area contributed by atoms with Gasteiger partial charge >= 0.3 is 0 Å². The number of carbonyl (C=O) groups is 2. The summed E-state index contributed by atoms with van der Waals surface area (Å²) in [4.78, 5) is 25.8. The number of aliphatic hydroxyl groups is 1. The number of hydrogen-bond acceptors (Lipinski definition) is 4. The lowest BCUT2D eigenvalue weighted by atomic mass is 9.83. The maximum atomic E-state index is 13.0. The first kappa shape index (κ1) is 20.2. The first-order chi connectivity index (χ1) is 13.9. The molecule has 29 heavy (non-hydrogen) atoms. The van der Waals surface area contributed by atoms with Gasteiger partial charge in [0.05, 0.1) is 5.60 Å². The minimum Gasteiger partial charge on any atom is -0.453 e. The molecule has 5 nitrogen and oxygen atoms in total. The SMILES string of the molecule is CC1(O)CCC(N2CCC(Cc3ccc(-c4ccc(C=O)o4)cc3Cl)C2=O)CC1. The van der Waals surface area contributed by atoms with Crippen molar-refractivity contribution < 1.29 is 19.1 Å². The van der Waals surface area contributed by atoms with Crippen LogP contribution in [0.3, 0.4) is 0 Å². The van der Waals surface area contributed by atoms with Gasteiger partial charge in [0, 0.05) is 29.1 Å². The van der Waals surface area contributed by atoms with Gasteiger partial charge < -0.3 is 14.4 Å². The van der Waals surface area contributed by atoms with Crippen molar-refractivity contribution in [2.75, 3.05) is 6.54 Å². The standard InChI is InChI=1S/C23H26ClNO4/c1-23(28)9-6-18(7-10-23)25-11-8-17(22(25)27)12-15-2-3-16(13-20(15)24)21-5-4-19(14-26)29-21/h2-5,13-14,17-18,28H,6-12H2,1H3.